The zero-order valence-electron chi connectivity index (χ0n) is 15.4. The summed E-state index contributed by atoms with van der Waals surface area (Å²) in [6.07, 6.45) is -0.274. The van der Waals surface area contributed by atoms with Crippen molar-refractivity contribution in [3.63, 3.8) is 0 Å². The number of sulfonamides is 1. The smallest absolute Gasteiger partial charge is 0.218 e. The Morgan fingerprint density at radius 2 is 1.85 bits per heavy atom. The molecule has 1 saturated heterocycles. The van der Waals surface area contributed by atoms with Crippen LogP contribution in [0, 0.1) is 6.92 Å². The first-order valence-corrected chi connectivity index (χ1v) is 10.3. The fourth-order valence-corrected chi connectivity index (χ4v) is 5.05. The van der Waals surface area contributed by atoms with E-state index < -0.39 is 10.0 Å². The van der Waals surface area contributed by atoms with Crippen molar-refractivity contribution in [2.75, 3.05) is 20.3 Å². The molecule has 5 nitrogen and oxygen atoms in total. The van der Waals surface area contributed by atoms with Crippen LogP contribution in [0.1, 0.15) is 29.7 Å². The molecule has 1 heterocycles. The number of morpholine rings is 1. The molecular formula is C20H25NO4S. The maximum Gasteiger partial charge on any atom is 0.218 e. The average molecular weight is 375 g/mol. The maximum absolute atomic E-state index is 13.0. The highest BCUT2D eigenvalue weighted by Gasteiger charge is 2.35. The van der Waals surface area contributed by atoms with Crippen LogP contribution >= 0.6 is 0 Å². The van der Waals surface area contributed by atoms with Crippen LogP contribution in [0.2, 0.25) is 0 Å². The van der Waals surface area contributed by atoms with Gasteiger partial charge in [-0.2, -0.15) is 4.31 Å². The van der Waals surface area contributed by atoms with Crippen molar-refractivity contribution in [1.29, 1.82) is 0 Å². The lowest BCUT2D eigenvalue weighted by atomic mass is 10.1. The molecule has 140 valence electrons. The summed E-state index contributed by atoms with van der Waals surface area (Å²) in [7, 11) is -1.81. The Morgan fingerprint density at radius 3 is 2.50 bits per heavy atom. The highest BCUT2D eigenvalue weighted by atomic mass is 32.2. The minimum atomic E-state index is -3.43. The summed E-state index contributed by atoms with van der Waals surface area (Å²) in [6.45, 7) is 4.53. The summed E-state index contributed by atoms with van der Waals surface area (Å²) >= 11 is 0. The zero-order chi connectivity index (χ0) is 18.7. The number of nitrogens with zero attached hydrogens (tertiary/aromatic N) is 1. The highest BCUT2D eigenvalue weighted by molar-refractivity contribution is 7.88. The van der Waals surface area contributed by atoms with Gasteiger partial charge in [-0.25, -0.2) is 8.42 Å². The van der Waals surface area contributed by atoms with E-state index in [2.05, 4.69) is 0 Å². The summed E-state index contributed by atoms with van der Waals surface area (Å²) in [4.78, 5) is 0. The quantitative estimate of drug-likeness (QED) is 0.805. The monoisotopic (exact) mass is 375 g/mol. The Morgan fingerprint density at radius 1 is 1.15 bits per heavy atom. The predicted molar refractivity (Wildman–Crippen MR) is 102 cm³/mol. The normalized spacial score (nSPS) is 21.5. The van der Waals surface area contributed by atoms with Gasteiger partial charge in [0.05, 0.1) is 25.6 Å². The van der Waals surface area contributed by atoms with E-state index in [1.807, 2.05) is 62.4 Å². The molecule has 0 bridgehead atoms. The number of hydrogen-bond acceptors (Lipinski definition) is 4. The van der Waals surface area contributed by atoms with Crippen molar-refractivity contribution in [2.45, 2.75) is 31.7 Å². The lowest BCUT2D eigenvalue weighted by molar-refractivity contribution is -0.0289. The van der Waals surface area contributed by atoms with Crippen molar-refractivity contribution in [3.05, 3.63) is 65.2 Å². The zero-order valence-corrected chi connectivity index (χ0v) is 16.2. The summed E-state index contributed by atoms with van der Waals surface area (Å²) in [5, 5.41) is 0. The molecule has 0 N–H and O–H groups in total. The third-order valence-electron chi connectivity index (χ3n) is 4.82. The number of rotatable bonds is 5. The van der Waals surface area contributed by atoms with Gasteiger partial charge in [-0.3, -0.25) is 0 Å². The van der Waals surface area contributed by atoms with Crippen molar-refractivity contribution in [2.24, 2.45) is 0 Å². The van der Waals surface area contributed by atoms with E-state index in [9.17, 15) is 8.42 Å². The molecule has 1 fully saturated rings. The van der Waals surface area contributed by atoms with Crippen LogP contribution in [-0.2, 0) is 20.5 Å². The van der Waals surface area contributed by atoms with Crippen molar-refractivity contribution >= 4 is 10.0 Å². The van der Waals surface area contributed by atoms with Gasteiger partial charge in [-0.15, -0.1) is 0 Å². The molecule has 26 heavy (non-hydrogen) atoms. The molecule has 0 amide bonds. The van der Waals surface area contributed by atoms with Crippen LogP contribution in [0.5, 0.6) is 5.75 Å². The Kier molecular flexibility index (Phi) is 5.65. The average Bonchev–Trinajstić information content (AvgIpc) is 2.64. The largest absolute Gasteiger partial charge is 0.497 e. The van der Waals surface area contributed by atoms with Crippen LogP contribution in [0.25, 0.3) is 0 Å². The molecule has 2 unspecified atom stereocenters. The lowest BCUT2D eigenvalue weighted by Crippen LogP contribution is -2.48. The molecule has 2 aromatic carbocycles. The molecule has 2 atom stereocenters. The first-order valence-electron chi connectivity index (χ1n) is 8.70. The maximum atomic E-state index is 13.0. The lowest BCUT2D eigenvalue weighted by Gasteiger charge is -2.37. The van der Waals surface area contributed by atoms with Gasteiger partial charge in [-0.05, 0) is 42.7 Å². The number of aryl methyl sites for hydroxylation is 1. The number of methoxy groups -OCH3 is 1. The van der Waals surface area contributed by atoms with Gasteiger partial charge < -0.3 is 9.47 Å². The van der Waals surface area contributed by atoms with Crippen LogP contribution < -0.4 is 4.74 Å². The molecule has 6 heteroatoms. The van der Waals surface area contributed by atoms with E-state index in [0.717, 1.165) is 22.4 Å². The van der Waals surface area contributed by atoms with Crippen LogP contribution in [0.4, 0.5) is 0 Å². The fourth-order valence-electron chi connectivity index (χ4n) is 3.19. The third kappa shape index (κ3) is 4.09. The van der Waals surface area contributed by atoms with E-state index in [-0.39, 0.29) is 17.9 Å². The van der Waals surface area contributed by atoms with Gasteiger partial charge in [0.2, 0.25) is 10.0 Å². The van der Waals surface area contributed by atoms with Gasteiger partial charge >= 0.3 is 0 Å². The van der Waals surface area contributed by atoms with E-state index in [0.29, 0.717) is 13.2 Å². The second-order valence-corrected chi connectivity index (χ2v) is 8.62. The number of hydrogen-bond donors (Lipinski definition) is 0. The van der Waals surface area contributed by atoms with Crippen LogP contribution in [-0.4, -0.2) is 39.0 Å². The molecule has 0 aliphatic carbocycles. The van der Waals surface area contributed by atoms with Gasteiger partial charge in [0.1, 0.15) is 5.75 Å². The van der Waals surface area contributed by atoms with Gasteiger partial charge in [-0.1, -0.05) is 36.4 Å². The summed E-state index contributed by atoms with van der Waals surface area (Å²) in [5.41, 5.74) is 2.78. The fraction of sp³-hybridized carbons (Fsp3) is 0.400. The first kappa shape index (κ1) is 18.9. The molecule has 0 aromatic heterocycles. The molecule has 0 spiro atoms. The molecule has 1 aliphatic heterocycles. The van der Waals surface area contributed by atoms with E-state index in [1.54, 1.807) is 11.4 Å². The van der Waals surface area contributed by atoms with Crippen LogP contribution in [0.3, 0.4) is 0 Å². The van der Waals surface area contributed by atoms with Gasteiger partial charge in [0.25, 0.3) is 0 Å². The van der Waals surface area contributed by atoms with E-state index in [1.165, 1.54) is 0 Å². The highest BCUT2D eigenvalue weighted by Crippen LogP contribution is 2.29. The molecule has 1 aliphatic rings. The van der Waals surface area contributed by atoms with Gasteiger partial charge in [0, 0.05) is 12.6 Å². The molecule has 0 radical (unpaired) electrons. The second-order valence-electron chi connectivity index (χ2n) is 6.70. The third-order valence-corrected chi connectivity index (χ3v) is 6.72. The summed E-state index contributed by atoms with van der Waals surface area (Å²) in [6, 6.07) is 15.0. The summed E-state index contributed by atoms with van der Waals surface area (Å²) in [5.74, 6) is 0.779. The molecule has 3 rings (SSSR count). The Hall–Kier alpha value is -1.89. The Labute approximate surface area is 155 Å². The minimum absolute atomic E-state index is 0.0132. The SMILES string of the molecule is COc1ccc(C2CN(S(=O)(=O)Cc3ccccc3C)C(C)CO2)cc1. The van der Waals surface area contributed by atoms with Crippen molar-refractivity contribution < 1.29 is 17.9 Å². The topological polar surface area (TPSA) is 55.8 Å². The summed E-state index contributed by atoms with van der Waals surface area (Å²) < 4.78 is 38.8. The van der Waals surface area contributed by atoms with E-state index in [4.69, 9.17) is 9.47 Å². The number of benzene rings is 2. The predicted octanol–water partition coefficient (Wildman–Crippen LogP) is 3.30. The van der Waals surface area contributed by atoms with E-state index >= 15 is 0 Å². The second kappa shape index (κ2) is 7.78. The Balaban J connectivity index is 1.79. The molecular weight excluding hydrogens is 350 g/mol. The standard InChI is InChI=1S/C20H25NO4S/c1-15-6-4-5-7-18(15)14-26(22,23)21-12-20(25-13-16(21)2)17-8-10-19(24-3)11-9-17/h4-11,16,20H,12-14H2,1-3H3. The first-order chi connectivity index (χ1) is 12.4. The van der Waals surface area contributed by atoms with Crippen molar-refractivity contribution in [3.8, 4) is 5.75 Å². The molecule has 2 aromatic rings. The number of ether oxygens (including phenoxy) is 2. The van der Waals surface area contributed by atoms with Crippen molar-refractivity contribution in [1.82, 2.24) is 4.31 Å². The minimum Gasteiger partial charge on any atom is -0.497 e. The van der Waals surface area contributed by atoms with Crippen LogP contribution in [0.15, 0.2) is 48.5 Å². The van der Waals surface area contributed by atoms with Gasteiger partial charge in [0.15, 0.2) is 0 Å². The molecule has 0 saturated carbocycles. The Bertz CT molecular complexity index is 848.